The molecule has 0 fully saturated rings. The highest BCUT2D eigenvalue weighted by atomic mass is 14.9. The van der Waals surface area contributed by atoms with Crippen LogP contribution in [0.2, 0.25) is 0 Å². The van der Waals surface area contributed by atoms with E-state index in [0.717, 1.165) is 25.9 Å². The second-order valence-electron chi connectivity index (χ2n) is 2.46. The summed E-state index contributed by atoms with van der Waals surface area (Å²) in [6.45, 7) is 2.04. The van der Waals surface area contributed by atoms with E-state index in [9.17, 15) is 0 Å². The Bertz CT molecular complexity index is 99.1. The standard InChI is InChI=1S/C7H14N2/c8-7-4-2-1-3-5-9-6-7/h1-2,7,9H,3-6,8H2/t7-/m0/s1. The van der Waals surface area contributed by atoms with Crippen molar-refractivity contribution in [2.24, 2.45) is 5.73 Å². The summed E-state index contributed by atoms with van der Waals surface area (Å²) < 4.78 is 0. The van der Waals surface area contributed by atoms with Gasteiger partial charge in [0.05, 0.1) is 0 Å². The van der Waals surface area contributed by atoms with Gasteiger partial charge in [-0.05, 0) is 19.4 Å². The van der Waals surface area contributed by atoms with E-state index in [1.165, 1.54) is 0 Å². The van der Waals surface area contributed by atoms with Crippen LogP contribution in [-0.2, 0) is 0 Å². The third-order valence-electron chi connectivity index (χ3n) is 1.50. The van der Waals surface area contributed by atoms with Crippen LogP contribution in [0.1, 0.15) is 12.8 Å². The van der Waals surface area contributed by atoms with Crippen molar-refractivity contribution in [3.05, 3.63) is 12.2 Å². The summed E-state index contributed by atoms with van der Waals surface area (Å²) in [5.74, 6) is 0. The molecule has 0 saturated heterocycles. The summed E-state index contributed by atoms with van der Waals surface area (Å²) in [6, 6.07) is 0.321. The van der Waals surface area contributed by atoms with Crippen molar-refractivity contribution >= 4 is 0 Å². The van der Waals surface area contributed by atoms with Gasteiger partial charge in [-0.3, -0.25) is 0 Å². The van der Waals surface area contributed by atoms with E-state index in [-0.39, 0.29) is 0 Å². The molecule has 1 heterocycles. The van der Waals surface area contributed by atoms with E-state index in [2.05, 4.69) is 17.5 Å². The average Bonchev–Trinajstić information content (AvgIpc) is 1.79. The van der Waals surface area contributed by atoms with Crippen molar-refractivity contribution in [1.29, 1.82) is 0 Å². The molecule has 1 rings (SSSR count). The van der Waals surface area contributed by atoms with Gasteiger partial charge in [-0.1, -0.05) is 12.2 Å². The SMILES string of the molecule is N[C@H]1CC=CCCNC1. The monoisotopic (exact) mass is 126 g/mol. The number of nitrogens with two attached hydrogens (primary N) is 1. The predicted octanol–water partition coefficient (Wildman–Crippen LogP) is 0.253. The first-order valence-corrected chi connectivity index (χ1v) is 3.51. The van der Waals surface area contributed by atoms with E-state index in [1.807, 2.05) is 0 Å². The molecule has 1 aliphatic heterocycles. The van der Waals surface area contributed by atoms with Gasteiger partial charge in [0.15, 0.2) is 0 Å². The molecule has 2 nitrogen and oxygen atoms in total. The number of hydrogen-bond donors (Lipinski definition) is 2. The van der Waals surface area contributed by atoms with Gasteiger partial charge in [0.1, 0.15) is 0 Å². The maximum atomic E-state index is 5.69. The van der Waals surface area contributed by atoms with Gasteiger partial charge in [0.25, 0.3) is 0 Å². The summed E-state index contributed by atoms with van der Waals surface area (Å²) in [4.78, 5) is 0. The molecule has 0 saturated carbocycles. The van der Waals surface area contributed by atoms with Gasteiger partial charge in [0.2, 0.25) is 0 Å². The molecule has 0 aliphatic carbocycles. The largest absolute Gasteiger partial charge is 0.326 e. The van der Waals surface area contributed by atoms with Crippen LogP contribution in [0.25, 0.3) is 0 Å². The van der Waals surface area contributed by atoms with Crippen molar-refractivity contribution < 1.29 is 0 Å². The Morgan fingerprint density at radius 2 is 2.33 bits per heavy atom. The zero-order chi connectivity index (χ0) is 6.53. The Morgan fingerprint density at radius 1 is 1.44 bits per heavy atom. The molecule has 1 atom stereocenters. The molecule has 0 aromatic carbocycles. The Hall–Kier alpha value is -0.340. The Balaban J connectivity index is 2.28. The minimum absolute atomic E-state index is 0.321. The molecule has 0 bridgehead atoms. The van der Waals surface area contributed by atoms with Gasteiger partial charge >= 0.3 is 0 Å². The molecule has 3 N–H and O–H groups in total. The lowest BCUT2D eigenvalue weighted by Crippen LogP contribution is -2.34. The third-order valence-corrected chi connectivity index (χ3v) is 1.50. The number of rotatable bonds is 0. The predicted molar refractivity (Wildman–Crippen MR) is 39.2 cm³/mol. The molecular weight excluding hydrogens is 112 g/mol. The first kappa shape index (κ1) is 6.78. The molecule has 0 unspecified atom stereocenters. The van der Waals surface area contributed by atoms with E-state index in [0.29, 0.717) is 6.04 Å². The molecule has 0 aromatic rings. The smallest absolute Gasteiger partial charge is 0.0200 e. The molecule has 1 aliphatic rings. The van der Waals surface area contributed by atoms with Crippen molar-refractivity contribution in [1.82, 2.24) is 5.32 Å². The average molecular weight is 126 g/mol. The molecule has 0 radical (unpaired) electrons. The summed E-state index contributed by atoms with van der Waals surface area (Å²) in [5, 5.41) is 3.26. The van der Waals surface area contributed by atoms with E-state index >= 15 is 0 Å². The fourth-order valence-corrected chi connectivity index (χ4v) is 0.945. The maximum Gasteiger partial charge on any atom is 0.0200 e. The third kappa shape index (κ3) is 2.63. The van der Waals surface area contributed by atoms with Gasteiger partial charge < -0.3 is 11.1 Å². The normalized spacial score (nSPS) is 29.2. The molecule has 2 heteroatoms. The van der Waals surface area contributed by atoms with Crippen molar-refractivity contribution in [2.45, 2.75) is 18.9 Å². The minimum atomic E-state index is 0.321. The maximum absolute atomic E-state index is 5.69. The minimum Gasteiger partial charge on any atom is -0.326 e. The summed E-state index contributed by atoms with van der Waals surface area (Å²) in [6.07, 6.45) is 6.53. The molecule has 0 spiro atoms. The van der Waals surface area contributed by atoms with E-state index < -0.39 is 0 Å². The van der Waals surface area contributed by atoms with Crippen molar-refractivity contribution in [2.75, 3.05) is 13.1 Å². The second kappa shape index (κ2) is 3.64. The molecule has 9 heavy (non-hydrogen) atoms. The van der Waals surface area contributed by atoms with E-state index in [1.54, 1.807) is 0 Å². The highest BCUT2D eigenvalue weighted by molar-refractivity contribution is 4.88. The summed E-state index contributed by atoms with van der Waals surface area (Å²) in [7, 11) is 0. The van der Waals surface area contributed by atoms with Crippen molar-refractivity contribution in [3.8, 4) is 0 Å². The van der Waals surface area contributed by atoms with Crippen molar-refractivity contribution in [3.63, 3.8) is 0 Å². The lowest BCUT2D eigenvalue weighted by Gasteiger charge is -2.11. The zero-order valence-electron chi connectivity index (χ0n) is 5.64. The van der Waals surface area contributed by atoms with Gasteiger partial charge in [-0.15, -0.1) is 0 Å². The first-order valence-electron chi connectivity index (χ1n) is 3.51. The van der Waals surface area contributed by atoms with Crippen LogP contribution in [0.15, 0.2) is 12.2 Å². The number of hydrogen-bond acceptors (Lipinski definition) is 2. The van der Waals surface area contributed by atoms with Gasteiger partial charge in [-0.2, -0.15) is 0 Å². The van der Waals surface area contributed by atoms with Crippen LogP contribution in [0.4, 0.5) is 0 Å². The Morgan fingerprint density at radius 3 is 3.22 bits per heavy atom. The number of nitrogens with one attached hydrogen (secondary N) is 1. The quantitative estimate of drug-likeness (QED) is 0.457. The molecular formula is C7H14N2. The first-order chi connectivity index (χ1) is 4.39. The highest BCUT2D eigenvalue weighted by Crippen LogP contribution is 1.93. The Labute approximate surface area is 56.1 Å². The fraction of sp³-hybridized carbons (Fsp3) is 0.714. The second-order valence-corrected chi connectivity index (χ2v) is 2.46. The molecule has 0 amide bonds. The molecule has 0 aromatic heterocycles. The van der Waals surface area contributed by atoms with Crippen LogP contribution in [0, 0.1) is 0 Å². The topological polar surface area (TPSA) is 38.0 Å². The van der Waals surface area contributed by atoms with Crippen LogP contribution in [0.5, 0.6) is 0 Å². The fourth-order valence-electron chi connectivity index (χ4n) is 0.945. The Kier molecular flexibility index (Phi) is 2.74. The van der Waals surface area contributed by atoms with E-state index in [4.69, 9.17) is 5.73 Å². The van der Waals surface area contributed by atoms with Crippen LogP contribution in [-0.4, -0.2) is 19.1 Å². The lowest BCUT2D eigenvalue weighted by molar-refractivity contribution is 0.573. The summed E-state index contributed by atoms with van der Waals surface area (Å²) in [5.41, 5.74) is 5.69. The summed E-state index contributed by atoms with van der Waals surface area (Å²) >= 11 is 0. The highest BCUT2D eigenvalue weighted by Gasteiger charge is 1.99. The van der Waals surface area contributed by atoms with Crippen LogP contribution in [0.3, 0.4) is 0 Å². The molecule has 52 valence electrons. The zero-order valence-corrected chi connectivity index (χ0v) is 5.64. The van der Waals surface area contributed by atoms with Crippen LogP contribution < -0.4 is 11.1 Å². The lowest BCUT2D eigenvalue weighted by atomic mass is 10.1. The van der Waals surface area contributed by atoms with Gasteiger partial charge in [0, 0.05) is 12.6 Å². The van der Waals surface area contributed by atoms with Crippen LogP contribution >= 0.6 is 0 Å². The van der Waals surface area contributed by atoms with Gasteiger partial charge in [-0.25, -0.2) is 0 Å².